The van der Waals surface area contributed by atoms with Gasteiger partial charge in [0.05, 0.1) is 0 Å². The van der Waals surface area contributed by atoms with Crippen LogP contribution in [0.4, 0.5) is 4.79 Å². The first kappa shape index (κ1) is 16.2. The fourth-order valence-corrected chi connectivity index (χ4v) is 1.74. The third-order valence-electron chi connectivity index (χ3n) is 2.03. The number of carbonyl (C=O) groups is 2. The summed E-state index contributed by atoms with van der Waals surface area (Å²) in [6.45, 7) is 5.10. The van der Waals surface area contributed by atoms with E-state index in [4.69, 9.17) is 9.84 Å². The number of benzene rings is 1. The van der Waals surface area contributed by atoms with Gasteiger partial charge in [-0.1, -0.05) is 28.1 Å². The van der Waals surface area contributed by atoms with E-state index in [0.29, 0.717) is 5.56 Å². The van der Waals surface area contributed by atoms with Gasteiger partial charge in [-0.15, -0.1) is 0 Å². The lowest BCUT2D eigenvalue weighted by Gasteiger charge is -2.19. The molecule has 0 aliphatic heterocycles. The quantitative estimate of drug-likeness (QED) is 0.826. The Bertz CT molecular complexity index is 546. The maximum atomic E-state index is 11.6. The maximum Gasteiger partial charge on any atom is 0.412 e. The molecule has 5 nitrogen and oxygen atoms in total. The van der Waals surface area contributed by atoms with E-state index in [-0.39, 0.29) is 5.70 Å². The van der Waals surface area contributed by atoms with Crippen LogP contribution in [0.5, 0.6) is 0 Å². The van der Waals surface area contributed by atoms with Crippen LogP contribution in [0.3, 0.4) is 0 Å². The summed E-state index contributed by atoms with van der Waals surface area (Å²) in [5.41, 5.74) is -0.297. The van der Waals surface area contributed by atoms with Crippen molar-refractivity contribution in [2.75, 3.05) is 0 Å². The molecule has 0 aliphatic rings. The van der Waals surface area contributed by atoms with Gasteiger partial charge in [-0.2, -0.15) is 0 Å². The van der Waals surface area contributed by atoms with E-state index in [1.165, 1.54) is 6.08 Å². The minimum absolute atomic E-state index is 0.252. The number of hydrogen-bond acceptors (Lipinski definition) is 3. The molecule has 0 saturated carbocycles. The fraction of sp³-hybridized carbons (Fsp3) is 0.286. The predicted octanol–water partition coefficient (Wildman–Crippen LogP) is 3.40. The van der Waals surface area contributed by atoms with Crippen LogP contribution in [0.1, 0.15) is 26.3 Å². The van der Waals surface area contributed by atoms with Crippen molar-refractivity contribution in [1.29, 1.82) is 0 Å². The first-order valence-electron chi connectivity index (χ1n) is 5.88. The molecule has 0 aromatic heterocycles. The van der Waals surface area contributed by atoms with E-state index >= 15 is 0 Å². The van der Waals surface area contributed by atoms with E-state index in [1.54, 1.807) is 39.0 Å². The van der Waals surface area contributed by atoms with Crippen LogP contribution in [0.15, 0.2) is 34.4 Å². The number of ether oxygens (including phenoxy) is 1. The topological polar surface area (TPSA) is 75.6 Å². The van der Waals surface area contributed by atoms with E-state index in [0.717, 1.165) is 4.47 Å². The van der Waals surface area contributed by atoms with Gasteiger partial charge in [-0.25, -0.2) is 9.59 Å². The Morgan fingerprint density at radius 3 is 2.50 bits per heavy atom. The first-order chi connectivity index (χ1) is 9.17. The Morgan fingerprint density at radius 2 is 2.00 bits per heavy atom. The maximum absolute atomic E-state index is 11.6. The second kappa shape index (κ2) is 6.56. The van der Waals surface area contributed by atoms with E-state index < -0.39 is 17.7 Å². The van der Waals surface area contributed by atoms with Crippen LogP contribution >= 0.6 is 15.9 Å². The largest absolute Gasteiger partial charge is 0.477 e. The second-order valence-electron chi connectivity index (χ2n) is 5.05. The number of halogens is 1. The number of carboxylic acids is 1. The summed E-state index contributed by atoms with van der Waals surface area (Å²) in [6.07, 6.45) is 0.554. The van der Waals surface area contributed by atoms with Gasteiger partial charge in [0.25, 0.3) is 0 Å². The molecule has 20 heavy (non-hydrogen) atoms. The van der Waals surface area contributed by atoms with Crippen molar-refractivity contribution >= 4 is 34.1 Å². The molecule has 1 aromatic rings. The standard InChI is InChI=1S/C14H16BrNO4/c1-14(2,3)20-13(19)16-11(12(17)18)8-9-5-4-6-10(15)7-9/h4-8H,1-3H3,(H,16,19)(H,17,18)/b11-8+. The van der Waals surface area contributed by atoms with Gasteiger partial charge in [0, 0.05) is 4.47 Å². The average Bonchev–Trinajstić information content (AvgIpc) is 2.25. The van der Waals surface area contributed by atoms with Crippen molar-refractivity contribution in [3.63, 3.8) is 0 Å². The molecule has 1 rings (SSSR count). The molecular formula is C14H16BrNO4. The molecule has 0 radical (unpaired) electrons. The molecule has 2 N–H and O–H groups in total. The molecule has 108 valence electrons. The van der Waals surface area contributed by atoms with E-state index in [2.05, 4.69) is 21.2 Å². The molecule has 0 saturated heterocycles. The highest BCUT2D eigenvalue weighted by Gasteiger charge is 2.19. The molecular weight excluding hydrogens is 326 g/mol. The van der Waals surface area contributed by atoms with Gasteiger partial charge in [-0.3, -0.25) is 5.32 Å². The van der Waals surface area contributed by atoms with Crippen LogP contribution in [0.2, 0.25) is 0 Å². The second-order valence-corrected chi connectivity index (χ2v) is 5.96. The predicted molar refractivity (Wildman–Crippen MR) is 79.1 cm³/mol. The van der Waals surface area contributed by atoms with Crippen molar-refractivity contribution in [1.82, 2.24) is 5.32 Å². The summed E-state index contributed by atoms with van der Waals surface area (Å²) in [7, 11) is 0. The van der Waals surface area contributed by atoms with Gasteiger partial charge in [0.2, 0.25) is 0 Å². The third-order valence-corrected chi connectivity index (χ3v) is 2.52. The highest BCUT2D eigenvalue weighted by atomic mass is 79.9. The number of alkyl carbamates (subject to hydrolysis) is 1. The van der Waals surface area contributed by atoms with Crippen LogP contribution < -0.4 is 5.32 Å². The van der Waals surface area contributed by atoms with Crippen molar-refractivity contribution in [3.05, 3.63) is 40.0 Å². The summed E-state index contributed by atoms with van der Waals surface area (Å²) in [6, 6.07) is 7.05. The number of carboxylic acid groups (broad SMARTS) is 1. The van der Waals surface area contributed by atoms with Crippen LogP contribution in [0, 0.1) is 0 Å². The monoisotopic (exact) mass is 341 g/mol. The minimum atomic E-state index is -1.24. The van der Waals surface area contributed by atoms with Gasteiger partial charge < -0.3 is 9.84 Å². The highest BCUT2D eigenvalue weighted by molar-refractivity contribution is 9.10. The smallest absolute Gasteiger partial charge is 0.412 e. The molecule has 0 unspecified atom stereocenters. The van der Waals surface area contributed by atoms with Crippen molar-refractivity contribution in [2.45, 2.75) is 26.4 Å². The summed E-state index contributed by atoms with van der Waals surface area (Å²) >= 11 is 3.29. The zero-order chi connectivity index (χ0) is 15.3. The molecule has 1 amide bonds. The van der Waals surface area contributed by atoms with E-state index in [9.17, 15) is 9.59 Å². The Kier molecular flexibility index (Phi) is 5.33. The van der Waals surface area contributed by atoms with Crippen molar-refractivity contribution in [2.24, 2.45) is 0 Å². The molecule has 0 spiro atoms. The SMILES string of the molecule is CC(C)(C)OC(=O)N/C(=C/c1cccc(Br)c1)C(=O)O. The van der Waals surface area contributed by atoms with Crippen LogP contribution in [0.25, 0.3) is 6.08 Å². The average molecular weight is 342 g/mol. The lowest BCUT2D eigenvalue weighted by Crippen LogP contribution is -2.34. The van der Waals surface area contributed by atoms with Gasteiger partial charge in [0.1, 0.15) is 11.3 Å². The van der Waals surface area contributed by atoms with Crippen LogP contribution in [-0.2, 0) is 9.53 Å². The third kappa shape index (κ3) is 5.88. The summed E-state index contributed by atoms with van der Waals surface area (Å²) in [4.78, 5) is 22.7. The Hall–Kier alpha value is -1.82. The lowest BCUT2D eigenvalue weighted by molar-refractivity contribution is -0.133. The summed E-state index contributed by atoms with van der Waals surface area (Å²) < 4.78 is 5.83. The summed E-state index contributed by atoms with van der Waals surface area (Å²) in [5.74, 6) is -1.24. The number of aliphatic carboxylic acids is 1. The number of amides is 1. The van der Waals surface area contributed by atoms with Gasteiger partial charge in [-0.05, 0) is 44.5 Å². The molecule has 6 heteroatoms. The van der Waals surface area contributed by atoms with Gasteiger partial charge >= 0.3 is 12.1 Å². The van der Waals surface area contributed by atoms with Crippen LogP contribution in [-0.4, -0.2) is 22.8 Å². The number of hydrogen-bond donors (Lipinski definition) is 2. The Morgan fingerprint density at radius 1 is 1.35 bits per heavy atom. The minimum Gasteiger partial charge on any atom is -0.477 e. The Balaban J connectivity index is 2.90. The molecule has 0 bridgehead atoms. The molecule has 0 fully saturated rings. The van der Waals surface area contributed by atoms with Crippen molar-refractivity contribution in [3.8, 4) is 0 Å². The Labute approximate surface area is 125 Å². The first-order valence-corrected chi connectivity index (χ1v) is 6.67. The molecule has 1 aromatic carbocycles. The highest BCUT2D eigenvalue weighted by Crippen LogP contribution is 2.14. The van der Waals surface area contributed by atoms with Crippen molar-refractivity contribution < 1.29 is 19.4 Å². The summed E-state index contributed by atoms with van der Waals surface area (Å²) in [5, 5.41) is 11.3. The lowest BCUT2D eigenvalue weighted by atomic mass is 10.2. The molecule has 0 atom stereocenters. The number of rotatable bonds is 3. The zero-order valence-electron chi connectivity index (χ0n) is 11.4. The zero-order valence-corrected chi connectivity index (χ0v) is 13.0. The molecule has 0 aliphatic carbocycles. The van der Waals surface area contributed by atoms with E-state index in [1.807, 2.05) is 6.07 Å². The molecule has 0 heterocycles. The normalized spacial score (nSPS) is 11.9. The number of carbonyl (C=O) groups excluding carboxylic acids is 1. The fourth-order valence-electron chi connectivity index (χ4n) is 1.33. The van der Waals surface area contributed by atoms with Gasteiger partial charge in [0.15, 0.2) is 0 Å². The number of nitrogens with one attached hydrogen (secondary N) is 1.